The lowest BCUT2D eigenvalue weighted by Gasteiger charge is -2.09. The quantitative estimate of drug-likeness (QED) is 0.836. The summed E-state index contributed by atoms with van der Waals surface area (Å²) in [4.78, 5) is 14.6. The number of nitrogens with one attached hydrogen (secondary N) is 1. The fourth-order valence-corrected chi connectivity index (χ4v) is 2.02. The predicted molar refractivity (Wildman–Crippen MR) is 70.4 cm³/mol. The van der Waals surface area contributed by atoms with Crippen molar-refractivity contribution in [3.05, 3.63) is 29.3 Å². The van der Waals surface area contributed by atoms with Gasteiger partial charge >= 0.3 is 0 Å². The summed E-state index contributed by atoms with van der Waals surface area (Å²) in [7, 11) is 0. The summed E-state index contributed by atoms with van der Waals surface area (Å²) in [6.45, 7) is 4.46. The molecule has 90 valence electrons. The Balaban J connectivity index is 1.84. The number of aliphatic imine (C=N–C) groups is 1. The number of hydrogen-bond acceptors (Lipinski definition) is 4. The lowest BCUT2D eigenvalue weighted by Crippen LogP contribution is -2.09. The average molecular weight is 250 g/mol. The van der Waals surface area contributed by atoms with E-state index in [-0.39, 0.29) is 5.91 Å². The number of ether oxygens (including phenoxy) is 1. The zero-order valence-electron chi connectivity index (χ0n) is 9.82. The molecule has 0 saturated heterocycles. The van der Waals surface area contributed by atoms with Gasteiger partial charge in [0.2, 0.25) is 0 Å². The molecule has 0 spiro atoms. The Labute approximate surface area is 104 Å². The van der Waals surface area contributed by atoms with Gasteiger partial charge in [0.05, 0.1) is 5.75 Å². The second kappa shape index (κ2) is 5.23. The van der Waals surface area contributed by atoms with E-state index in [2.05, 4.69) is 36.3 Å². The van der Waals surface area contributed by atoms with E-state index in [1.807, 2.05) is 6.07 Å². The highest BCUT2D eigenvalue weighted by molar-refractivity contribution is 8.14. The monoisotopic (exact) mass is 250 g/mol. The van der Waals surface area contributed by atoms with E-state index >= 15 is 0 Å². The highest BCUT2D eigenvalue weighted by Crippen LogP contribution is 2.16. The minimum Gasteiger partial charge on any atom is -0.452 e. The van der Waals surface area contributed by atoms with Crippen LogP contribution >= 0.6 is 11.8 Å². The molecule has 0 bridgehead atoms. The van der Waals surface area contributed by atoms with Crippen LogP contribution in [-0.2, 0) is 9.53 Å². The van der Waals surface area contributed by atoms with Crippen LogP contribution in [0.4, 0.5) is 5.69 Å². The molecular formula is C12H14N2O2S. The van der Waals surface area contributed by atoms with Gasteiger partial charge in [-0.15, -0.1) is 0 Å². The van der Waals surface area contributed by atoms with Gasteiger partial charge in [-0.05, 0) is 37.1 Å². The molecule has 2 rings (SSSR count). The van der Waals surface area contributed by atoms with Crippen molar-refractivity contribution in [2.75, 3.05) is 17.8 Å². The molecule has 4 nitrogen and oxygen atoms in total. The normalized spacial score (nSPS) is 14.7. The second-order valence-corrected chi connectivity index (χ2v) is 4.75. The summed E-state index contributed by atoms with van der Waals surface area (Å²) >= 11 is 1.33. The summed E-state index contributed by atoms with van der Waals surface area (Å²) < 4.78 is 5.33. The summed E-state index contributed by atoms with van der Waals surface area (Å²) in [5.74, 6) is 0.259. The van der Waals surface area contributed by atoms with E-state index in [9.17, 15) is 4.79 Å². The Hall–Kier alpha value is -1.49. The predicted octanol–water partition coefficient (Wildman–Crippen LogP) is 2.32. The first-order chi connectivity index (χ1) is 8.15. The lowest BCUT2D eigenvalue weighted by atomic mass is 10.1. The molecule has 1 amide bonds. The van der Waals surface area contributed by atoms with Crippen LogP contribution in [0, 0.1) is 13.8 Å². The molecule has 0 aromatic heterocycles. The lowest BCUT2D eigenvalue weighted by molar-refractivity contribution is -0.115. The Morgan fingerprint density at radius 2 is 2.24 bits per heavy atom. The molecule has 1 aromatic carbocycles. The molecule has 0 saturated carbocycles. The smallest absolute Gasteiger partial charge is 0.259 e. The summed E-state index contributed by atoms with van der Waals surface area (Å²) in [6, 6.07) is 6.12. The van der Waals surface area contributed by atoms with E-state index in [1.165, 1.54) is 22.9 Å². The molecule has 0 atom stereocenters. The van der Waals surface area contributed by atoms with Crippen molar-refractivity contribution in [2.45, 2.75) is 13.8 Å². The molecule has 5 heteroatoms. The third-order valence-electron chi connectivity index (χ3n) is 2.51. The van der Waals surface area contributed by atoms with Crippen molar-refractivity contribution in [1.29, 1.82) is 0 Å². The van der Waals surface area contributed by atoms with Gasteiger partial charge in [0.25, 0.3) is 11.1 Å². The molecule has 1 heterocycles. The van der Waals surface area contributed by atoms with Crippen molar-refractivity contribution in [2.24, 2.45) is 4.99 Å². The van der Waals surface area contributed by atoms with Gasteiger partial charge in [-0.1, -0.05) is 17.8 Å². The van der Waals surface area contributed by atoms with E-state index in [4.69, 9.17) is 4.74 Å². The number of carbonyl (C=O) groups is 1. The third kappa shape index (κ3) is 3.23. The minimum absolute atomic E-state index is 0.129. The zero-order chi connectivity index (χ0) is 12.3. The summed E-state index contributed by atoms with van der Waals surface area (Å²) in [5.41, 5.74) is 3.50. The molecular weight excluding hydrogens is 236 g/mol. The number of amides is 1. The van der Waals surface area contributed by atoms with E-state index in [0.29, 0.717) is 17.7 Å². The minimum atomic E-state index is -0.129. The number of benzene rings is 1. The van der Waals surface area contributed by atoms with Crippen LogP contribution in [0.3, 0.4) is 0 Å². The molecule has 0 fully saturated rings. The maximum absolute atomic E-state index is 10.9. The Bertz CT molecular complexity index is 472. The number of nitrogens with zero attached hydrogens (tertiary/aromatic N) is 1. The van der Waals surface area contributed by atoms with Crippen LogP contribution in [0.2, 0.25) is 0 Å². The van der Waals surface area contributed by atoms with Crippen LogP contribution in [0.5, 0.6) is 0 Å². The first-order valence-corrected chi connectivity index (χ1v) is 6.32. The Morgan fingerprint density at radius 1 is 1.41 bits per heavy atom. The van der Waals surface area contributed by atoms with Crippen LogP contribution in [0.25, 0.3) is 0 Å². The van der Waals surface area contributed by atoms with Gasteiger partial charge in [-0.3, -0.25) is 4.79 Å². The first-order valence-electron chi connectivity index (χ1n) is 5.33. The largest absolute Gasteiger partial charge is 0.452 e. The van der Waals surface area contributed by atoms with Crippen LogP contribution in [0.1, 0.15) is 11.1 Å². The van der Waals surface area contributed by atoms with Crippen molar-refractivity contribution in [3.8, 4) is 0 Å². The number of aryl methyl sites for hydroxylation is 2. The van der Waals surface area contributed by atoms with Crippen LogP contribution < -0.4 is 5.32 Å². The van der Waals surface area contributed by atoms with Crippen molar-refractivity contribution in [1.82, 2.24) is 0 Å². The van der Waals surface area contributed by atoms with Gasteiger partial charge in [-0.2, -0.15) is 4.99 Å². The summed E-state index contributed by atoms with van der Waals surface area (Å²) in [6.07, 6.45) is 0. The van der Waals surface area contributed by atoms with Crippen LogP contribution in [0.15, 0.2) is 23.2 Å². The van der Waals surface area contributed by atoms with Crippen molar-refractivity contribution >= 4 is 28.6 Å². The fourth-order valence-electron chi connectivity index (χ4n) is 1.40. The fraction of sp³-hybridized carbons (Fsp3) is 0.333. The Kier molecular flexibility index (Phi) is 3.68. The van der Waals surface area contributed by atoms with Crippen LogP contribution in [-0.4, -0.2) is 23.6 Å². The maximum Gasteiger partial charge on any atom is 0.259 e. The van der Waals surface area contributed by atoms with Gasteiger partial charge in [-0.25, -0.2) is 0 Å². The average Bonchev–Trinajstić information content (AvgIpc) is 2.70. The third-order valence-corrected chi connectivity index (χ3v) is 3.36. The van der Waals surface area contributed by atoms with E-state index in [0.717, 1.165) is 5.69 Å². The van der Waals surface area contributed by atoms with Gasteiger partial charge < -0.3 is 10.1 Å². The molecule has 1 N–H and O–H groups in total. The number of thioether (sulfide) groups is 1. The van der Waals surface area contributed by atoms with Crippen molar-refractivity contribution < 1.29 is 9.53 Å². The van der Waals surface area contributed by atoms with Crippen molar-refractivity contribution in [3.63, 3.8) is 0 Å². The van der Waals surface area contributed by atoms with Gasteiger partial charge in [0, 0.05) is 5.69 Å². The molecule has 1 aliphatic heterocycles. The first kappa shape index (κ1) is 12.0. The van der Waals surface area contributed by atoms with Gasteiger partial charge in [0.15, 0.2) is 6.73 Å². The number of rotatable bonds is 3. The highest BCUT2D eigenvalue weighted by Gasteiger charge is 2.15. The van der Waals surface area contributed by atoms with E-state index < -0.39 is 0 Å². The van der Waals surface area contributed by atoms with E-state index in [1.54, 1.807) is 0 Å². The number of hydrogen-bond donors (Lipinski definition) is 1. The molecule has 1 aliphatic rings. The maximum atomic E-state index is 10.9. The SMILES string of the molecule is Cc1ccc(NCOC2=NC(=O)CS2)cc1C. The molecule has 1 aromatic rings. The molecule has 0 unspecified atom stereocenters. The standard InChI is InChI=1S/C12H14N2O2S/c1-8-3-4-10(5-9(8)2)13-7-16-12-14-11(15)6-17-12/h3-5,13H,6-7H2,1-2H3. The number of anilines is 1. The molecule has 17 heavy (non-hydrogen) atoms. The Morgan fingerprint density at radius 3 is 2.88 bits per heavy atom. The zero-order valence-corrected chi connectivity index (χ0v) is 10.6. The topological polar surface area (TPSA) is 50.7 Å². The summed E-state index contributed by atoms with van der Waals surface area (Å²) in [5, 5.41) is 3.58. The molecule has 0 radical (unpaired) electrons. The second-order valence-electron chi connectivity index (χ2n) is 3.82. The highest BCUT2D eigenvalue weighted by atomic mass is 32.2. The molecule has 0 aliphatic carbocycles. The number of carbonyl (C=O) groups excluding carboxylic acids is 1. The van der Waals surface area contributed by atoms with Gasteiger partial charge in [0.1, 0.15) is 0 Å².